The number of rotatable bonds is 1. The Balaban J connectivity index is 1.21. The monoisotopic (exact) mass is 568 g/mol. The second kappa shape index (κ2) is 7.95. The summed E-state index contributed by atoms with van der Waals surface area (Å²) in [6.45, 7) is 9.40. The van der Waals surface area contributed by atoms with Crippen LogP contribution in [-0.4, -0.2) is 20.3 Å². The van der Waals surface area contributed by atoms with Crippen LogP contribution in [0.2, 0.25) is 0 Å². The first-order chi connectivity index (χ1) is 21.4. The Kier molecular flexibility index (Phi) is 4.42. The van der Waals surface area contributed by atoms with Gasteiger partial charge in [0.2, 0.25) is 0 Å². The Morgan fingerprint density at radius 1 is 0.636 bits per heavy atom. The molecule has 3 aliphatic heterocycles. The van der Waals surface area contributed by atoms with Crippen LogP contribution in [0.3, 0.4) is 0 Å². The summed E-state index contributed by atoms with van der Waals surface area (Å²) in [6.07, 6.45) is 6.06. The molecule has 6 heterocycles. The van der Waals surface area contributed by atoms with E-state index in [2.05, 4.69) is 128 Å². The van der Waals surface area contributed by atoms with Crippen molar-refractivity contribution < 1.29 is 0 Å². The zero-order valence-corrected chi connectivity index (χ0v) is 25.4. The lowest BCUT2D eigenvalue weighted by Gasteiger charge is -2.35. The molecular formula is C40H32N4. The third-order valence-corrected chi connectivity index (χ3v) is 10.9. The SMILES string of the molecule is CC1(C)c2cc(-c3ccc4c(c3)c3cccc5c3n4-c3ncccc3C5(C)C)ccc2-n2c3c(c4cccc1c42)CCC=N3. The molecule has 7 aromatic rings. The number of hydrogen-bond acceptors (Lipinski definition) is 2. The normalized spacial score (nSPS) is 16.7. The van der Waals surface area contributed by atoms with E-state index in [1.807, 2.05) is 6.20 Å². The van der Waals surface area contributed by atoms with Gasteiger partial charge in [0.15, 0.2) is 0 Å². The van der Waals surface area contributed by atoms with Crippen LogP contribution in [0.4, 0.5) is 5.82 Å². The Morgan fingerprint density at radius 2 is 1.34 bits per heavy atom. The molecule has 4 aromatic carbocycles. The molecule has 0 bridgehead atoms. The van der Waals surface area contributed by atoms with E-state index in [1.54, 1.807) is 0 Å². The Morgan fingerprint density at radius 3 is 2.18 bits per heavy atom. The summed E-state index contributed by atoms with van der Waals surface area (Å²) in [6, 6.07) is 32.0. The quantitative estimate of drug-likeness (QED) is 0.194. The highest BCUT2D eigenvalue weighted by molar-refractivity contribution is 6.12. The number of para-hydroxylation sites is 2. The predicted molar refractivity (Wildman–Crippen MR) is 182 cm³/mol. The molecule has 0 saturated heterocycles. The standard InChI is InChI=1S/C40H32N4/c1-39(2)29-12-6-10-26-28-21-23(15-17-33(28)43(36(26)29)38-31(39)14-8-20-42-38)24-16-18-34-32(22-24)40(3,4)30-13-5-9-25-27-11-7-19-41-37(27)44(34)35(25)30/h5-6,8-10,12-22H,7,11H2,1-4H3. The summed E-state index contributed by atoms with van der Waals surface area (Å²) < 4.78 is 4.82. The second-order valence-electron chi connectivity index (χ2n) is 13.8. The summed E-state index contributed by atoms with van der Waals surface area (Å²) in [7, 11) is 0. The average molecular weight is 569 g/mol. The number of aliphatic imine (C=N–C) groups is 1. The van der Waals surface area contributed by atoms with Crippen molar-refractivity contribution in [2.24, 2.45) is 4.99 Å². The lowest BCUT2D eigenvalue weighted by atomic mass is 9.74. The van der Waals surface area contributed by atoms with E-state index >= 15 is 0 Å². The van der Waals surface area contributed by atoms with E-state index in [9.17, 15) is 0 Å². The first-order valence-electron chi connectivity index (χ1n) is 15.7. The maximum Gasteiger partial charge on any atom is 0.141 e. The van der Waals surface area contributed by atoms with Gasteiger partial charge in [0, 0.05) is 50.5 Å². The maximum atomic E-state index is 4.95. The smallest absolute Gasteiger partial charge is 0.141 e. The van der Waals surface area contributed by atoms with Gasteiger partial charge in [0.1, 0.15) is 11.6 Å². The number of hydrogen-bond donors (Lipinski definition) is 0. The van der Waals surface area contributed by atoms with Crippen LogP contribution in [0, 0.1) is 0 Å². The predicted octanol–water partition coefficient (Wildman–Crippen LogP) is 9.72. The molecule has 0 fully saturated rings. The molecule has 0 radical (unpaired) electrons. The van der Waals surface area contributed by atoms with Gasteiger partial charge in [-0.25, -0.2) is 9.98 Å². The van der Waals surface area contributed by atoms with E-state index in [1.165, 1.54) is 77.3 Å². The number of aryl methyl sites for hydroxylation is 1. The van der Waals surface area contributed by atoms with E-state index in [4.69, 9.17) is 9.98 Å². The Bertz CT molecular complexity index is 2450. The van der Waals surface area contributed by atoms with Crippen LogP contribution in [0.15, 0.2) is 96.1 Å². The fourth-order valence-corrected chi connectivity index (χ4v) is 8.61. The van der Waals surface area contributed by atoms with Gasteiger partial charge in [0.05, 0.1) is 22.2 Å². The van der Waals surface area contributed by atoms with Crippen LogP contribution in [-0.2, 0) is 17.3 Å². The van der Waals surface area contributed by atoms with Crippen LogP contribution < -0.4 is 0 Å². The molecule has 0 unspecified atom stereocenters. The summed E-state index contributed by atoms with van der Waals surface area (Å²) in [5, 5.41) is 3.91. The second-order valence-corrected chi connectivity index (χ2v) is 13.8. The molecule has 3 aromatic heterocycles. The molecule has 0 saturated carbocycles. The van der Waals surface area contributed by atoms with Gasteiger partial charge >= 0.3 is 0 Å². The van der Waals surface area contributed by atoms with Gasteiger partial charge in [-0.2, -0.15) is 0 Å². The fraction of sp³-hybridized carbons (Fsp3) is 0.200. The van der Waals surface area contributed by atoms with Crippen molar-refractivity contribution >= 4 is 44.7 Å². The Labute approximate surface area is 256 Å². The number of nitrogens with zero attached hydrogens (tertiary/aromatic N) is 4. The maximum absolute atomic E-state index is 4.95. The van der Waals surface area contributed by atoms with Crippen LogP contribution in [0.25, 0.3) is 55.3 Å². The lowest BCUT2D eigenvalue weighted by Crippen LogP contribution is -2.26. The molecule has 0 amide bonds. The molecule has 0 spiro atoms. The van der Waals surface area contributed by atoms with Crippen LogP contribution in [0.5, 0.6) is 0 Å². The van der Waals surface area contributed by atoms with E-state index in [0.29, 0.717) is 0 Å². The van der Waals surface area contributed by atoms with Crippen molar-refractivity contribution in [2.45, 2.75) is 51.4 Å². The first-order valence-corrected chi connectivity index (χ1v) is 15.7. The zero-order valence-electron chi connectivity index (χ0n) is 25.4. The third kappa shape index (κ3) is 2.80. The summed E-state index contributed by atoms with van der Waals surface area (Å²) >= 11 is 0. The molecular weight excluding hydrogens is 536 g/mol. The molecule has 4 nitrogen and oxygen atoms in total. The van der Waals surface area contributed by atoms with E-state index < -0.39 is 0 Å². The summed E-state index contributed by atoms with van der Waals surface area (Å²) in [4.78, 5) is 9.86. The largest absolute Gasteiger partial charge is 0.294 e. The molecule has 10 rings (SSSR count). The molecule has 0 atom stereocenters. The lowest BCUT2D eigenvalue weighted by molar-refractivity contribution is 0.624. The van der Waals surface area contributed by atoms with Crippen molar-refractivity contribution in [3.8, 4) is 22.6 Å². The number of pyridine rings is 1. The minimum absolute atomic E-state index is 0.121. The van der Waals surface area contributed by atoms with Crippen molar-refractivity contribution in [2.75, 3.05) is 0 Å². The number of benzene rings is 4. The number of aromatic nitrogens is 3. The molecule has 4 heteroatoms. The van der Waals surface area contributed by atoms with Gasteiger partial charge in [-0.15, -0.1) is 0 Å². The minimum Gasteiger partial charge on any atom is -0.294 e. The van der Waals surface area contributed by atoms with Gasteiger partial charge < -0.3 is 0 Å². The van der Waals surface area contributed by atoms with E-state index in [0.717, 1.165) is 24.5 Å². The molecule has 44 heavy (non-hydrogen) atoms. The van der Waals surface area contributed by atoms with Gasteiger partial charge in [0.25, 0.3) is 0 Å². The summed E-state index contributed by atoms with van der Waals surface area (Å²) in [5.41, 5.74) is 14.0. The molecule has 3 aliphatic rings. The highest BCUT2D eigenvalue weighted by atomic mass is 15.1. The Hall–Kier alpha value is -4.96. The van der Waals surface area contributed by atoms with Gasteiger partial charge in [-0.3, -0.25) is 9.13 Å². The van der Waals surface area contributed by atoms with Crippen LogP contribution in [0.1, 0.15) is 61.9 Å². The van der Waals surface area contributed by atoms with Gasteiger partial charge in [-0.1, -0.05) is 82.3 Å². The van der Waals surface area contributed by atoms with Gasteiger partial charge in [-0.05, 0) is 71.0 Å². The zero-order chi connectivity index (χ0) is 29.5. The minimum atomic E-state index is -0.139. The number of fused-ring (bicyclic) bond motifs is 10. The topological polar surface area (TPSA) is 35.1 Å². The highest BCUT2D eigenvalue weighted by Crippen LogP contribution is 2.51. The molecule has 0 aliphatic carbocycles. The fourth-order valence-electron chi connectivity index (χ4n) is 8.61. The van der Waals surface area contributed by atoms with Crippen molar-refractivity contribution in [3.05, 3.63) is 119 Å². The highest BCUT2D eigenvalue weighted by Gasteiger charge is 2.38. The van der Waals surface area contributed by atoms with Crippen molar-refractivity contribution in [1.82, 2.24) is 14.1 Å². The molecule has 0 N–H and O–H groups in total. The van der Waals surface area contributed by atoms with Crippen LogP contribution >= 0.6 is 0 Å². The average Bonchev–Trinajstić information content (AvgIpc) is 3.56. The first kappa shape index (κ1) is 24.5. The summed E-state index contributed by atoms with van der Waals surface area (Å²) in [5.74, 6) is 2.15. The molecule has 212 valence electrons. The van der Waals surface area contributed by atoms with Crippen molar-refractivity contribution in [1.29, 1.82) is 0 Å². The van der Waals surface area contributed by atoms with Crippen molar-refractivity contribution in [3.63, 3.8) is 0 Å². The van der Waals surface area contributed by atoms with E-state index in [-0.39, 0.29) is 10.8 Å². The third-order valence-electron chi connectivity index (χ3n) is 10.9.